The molecule has 0 aromatic heterocycles. The van der Waals surface area contributed by atoms with E-state index in [1.54, 1.807) is 7.11 Å². The second kappa shape index (κ2) is 8.87. The summed E-state index contributed by atoms with van der Waals surface area (Å²) in [5.41, 5.74) is 0. The summed E-state index contributed by atoms with van der Waals surface area (Å²) in [7, 11) is 1.63. The third kappa shape index (κ3) is 6.33. The van der Waals surface area contributed by atoms with Crippen LogP contribution in [0.2, 0.25) is 0 Å². The lowest BCUT2D eigenvalue weighted by atomic mass is 9.94. The number of carboxylic acid groups (broad SMARTS) is 1. The van der Waals surface area contributed by atoms with E-state index < -0.39 is 5.97 Å². The molecule has 0 saturated carbocycles. The molecule has 1 rings (SSSR count). The van der Waals surface area contributed by atoms with Gasteiger partial charge in [0.25, 0.3) is 0 Å². The number of likely N-dealkylation sites (tertiary alicyclic amines) is 1. The SMILES string of the molecule is COCCN(CC(C)C)C(=O)N1CCC(CC(=O)O)CC1. The van der Waals surface area contributed by atoms with E-state index in [2.05, 4.69) is 13.8 Å². The molecule has 0 spiro atoms. The molecule has 0 aromatic rings. The van der Waals surface area contributed by atoms with Gasteiger partial charge in [-0.05, 0) is 24.7 Å². The van der Waals surface area contributed by atoms with Gasteiger partial charge in [0.15, 0.2) is 0 Å². The Hall–Kier alpha value is -1.30. The molecule has 1 saturated heterocycles. The van der Waals surface area contributed by atoms with E-state index in [1.165, 1.54) is 0 Å². The standard InChI is InChI=1S/C15H28N2O4/c1-12(2)11-17(8-9-21-3)15(20)16-6-4-13(5-7-16)10-14(18)19/h12-13H,4-11H2,1-3H3,(H,18,19). The maximum absolute atomic E-state index is 12.5. The van der Waals surface area contributed by atoms with E-state index in [9.17, 15) is 9.59 Å². The quantitative estimate of drug-likeness (QED) is 0.779. The molecule has 0 unspecified atom stereocenters. The van der Waals surface area contributed by atoms with Crippen LogP contribution in [0.4, 0.5) is 4.79 Å². The smallest absolute Gasteiger partial charge is 0.320 e. The number of amides is 2. The number of piperidine rings is 1. The van der Waals surface area contributed by atoms with Crippen molar-refractivity contribution in [3.63, 3.8) is 0 Å². The van der Waals surface area contributed by atoms with E-state index in [4.69, 9.17) is 9.84 Å². The van der Waals surface area contributed by atoms with Gasteiger partial charge >= 0.3 is 12.0 Å². The number of hydrogen-bond acceptors (Lipinski definition) is 3. The molecule has 2 amide bonds. The number of hydrogen-bond donors (Lipinski definition) is 1. The van der Waals surface area contributed by atoms with E-state index in [0.717, 1.165) is 19.4 Å². The zero-order valence-electron chi connectivity index (χ0n) is 13.4. The van der Waals surface area contributed by atoms with Crippen molar-refractivity contribution in [2.75, 3.05) is 39.9 Å². The molecule has 0 aliphatic carbocycles. The van der Waals surface area contributed by atoms with Crippen LogP contribution in [0.15, 0.2) is 0 Å². The molecule has 6 nitrogen and oxygen atoms in total. The largest absolute Gasteiger partial charge is 0.481 e. The van der Waals surface area contributed by atoms with Crippen LogP contribution in [0.25, 0.3) is 0 Å². The van der Waals surface area contributed by atoms with Gasteiger partial charge in [-0.25, -0.2) is 4.79 Å². The van der Waals surface area contributed by atoms with Crippen molar-refractivity contribution >= 4 is 12.0 Å². The highest BCUT2D eigenvalue weighted by Gasteiger charge is 2.27. The minimum atomic E-state index is -0.749. The van der Waals surface area contributed by atoms with E-state index >= 15 is 0 Å². The predicted molar refractivity (Wildman–Crippen MR) is 80.2 cm³/mol. The summed E-state index contributed by atoms with van der Waals surface area (Å²) >= 11 is 0. The molecular formula is C15H28N2O4. The number of methoxy groups -OCH3 is 1. The Balaban J connectivity index is 2.50. The zero-order valence-corrected chi connectivity index (χ0v) is 13.4. The molecule has 1 aliphatic rings. The highest BCUT2D eigenvalue weighted by Crippen LogP contribution is 2.21. The van der Waals surface area contributed by atoms with Gasteiger partial charge in [0.05, 0.1) is 6.61 Å². The van der Waals surface area contributed by atoms with Crippen LogP contribution in [0.3, 0.4) is 0 Å². The molecule has 0 bridgehead atoms. The minimum Gasteiger partial charge on any atom is -0.481 e. The van der Waals surface area contributed by atoms with E-state index in [-0.39, 0.29) is 18.4 Å². The van der Waals surface area contributed by atoms with Crippen LogP contribution in [-0.4, -0.2) is 66.8 Å². The van der Waals surface area contributed by atoms with Crippen molar-refractivity contribution in [2.45, 2.75) is 33.1 Å². The normalized spacial score (nSPS) is 16.3. The number of aliphatic carboxylic acids is 1. The molecule has 0 atom stereocenters. The second-order valence-electron chi connectivity index (χ2n) is 6.14. The molecule has 6 heteroatoms. The summed E-state index contributed by atoms with van der Waals surface area (Å²) in [5.74, 6) is -0.138. The Kier molecular flexibility index (Phi) is 7.50. The van der Waals surface area contributed by atoms with Crippen LogP contribution in [0.1, 0.15) is 33.1 Å². The number of rotatable bonds is 7. The van der Waals surface area contributed by atoms with Crippen molar-refractivity contribution in [3.05, 3.63) is 0 Å². The van der Waals surface area contributed by atoms with Gasteiger partial charge in [-0.1, -0.05) is 13.8 Å². The van der Waals surface area contributed by atoms with Gasteiger partial charge in [0.1, 0.15) is 0 Å². The first kappa shape index (κ1) is 17.8. The van der Waals surface area contributed by atoms with Gasteiger partial charge in [-0.3, -0.25) is 4.79 Å². The second-order valence-corrected chi connectivity index (χ2v) is 6.14. The molecule has 1 aliphatic heterocycles. The molecular weight excluding hydrogens is 272 g/mol. The molecule has 1 N–H and O–H groups in total. The highest BCUT2D eigenvalue weighted by atomic mass is 16.5. The fraction of sp³-hybridized carbons (Fsp3) is 0.867. The van der Waals surface area contributed by atoms with Crippen LogP contribution in [0.5, 0.6) is 0 Å². The fourth-order valence-corrected chi connectivity index (χ4v) is 2.68. The van der Waals surface area contributed by atoms with Gasteiger partial charge in [-0.15, -0.1) is 0 Å². The van der Waals surface area contributed by atoms with Crippen molar-refractivity contribution in [2.24, 2.45) is 11.8 Å². The predicted octanol–water partition coefficient (Wildman–Crippen LogP) is 1.90. The first-order valence-corrected chi connectivity index (χ1v) is 7.68. The molecule has 21 heavy (non-hydrogen) atoms. The summed E-state index contributed by atoms with van der Waals surface area (Å²) in [6.45, 7) is 7.34. The monoisotopic (exact) mass is 300 g/mol. The van der Waals surface area contributed by atoms with Crippen LogP contribution in [-0.2, 0) is 9.53 Å². The van der Waals surface area contributed by atoms with Gasteiger partial charge in [0.2, 0.25) is 0 Å². The Morgan fingerprint density at radius 1 is 1.33 bits per heavy atom. The molecule has 1 heterocycles. The number of nitrogens with zero attached hydrogens (tertiary/aromatic N) is 2. The van der Waals surface area contributed by atoms with Crippen molar-refractivity contribution < 1.29 is 19.4 Å². The maximum Gasteiger partial charge on any atom is 0.320 e. The number of carbonyl (C=O) groups is 2. The fourth-order valence-electron chi connectivity index (χ4n) is 2.68. The van der Waals surface area contributed by atoms with Crippen molar-refractivity contribution in [3.8, 4) is 0 Å². The lowest BCUT2D eigenvalue weighted by molar-refractivity contribution is -0.138. The minimum absolute atomic E-state index is 0.0505. The third-order valence-corrected chi connectivity index (χ3v) is 3.77. The number of urea groups is 1. The maximum atomic E-state index is 12.5. The lowest BCUT2D eigenvalue weighted by Gasteiger charge is -2.36. The number of carbonyl (C=O) groups excluding carboxylic acids is 1. The Morgan fingerprint density at radius 3 is 2.43 bits per heavy atom. The molecule has 1 fully saturated rings. The Labute approximate surface area is 127 Å². The average Bonchev–Trinajstić information content (AvgIpc) is 2.42. The summed E-state index contributed by atoms with van der Waals surface area (Å²) < 4.78 is 5.07. The topological polar surface area (TPSA) is 70.1 Å². The molecule has 0 radical (unpaired) electrons. The van der Waals surface area contributed by atoms with E-state index in [1.807, 2.05) is 9.80 Å². The van der Waals surface area contributed by atoms with Crippen LogP contribution in [0, 0.1) is 11.8 Å². The Bertz CT molecular complexity index is 339. The summed E-state index contributed by atoms with van der Waals surface area (Å²) in [6, 6.07) is 0.0505. The lowest BCUT2D eigenvalue weighted by Crippen LogP contribution is -2.48. The van der Waals surface area contributed by atoms with E-state index in [0.29, 0.717) is 32.2 Å². The zero-order chi connectivity index (χ0) is 15.8. The van der Waals surface area contributed by atoms with Crippen LogP contribution >= 0.6 is 0 Å². The summed E-state index contributed by atoms with van der Waals surface area (Å²) in [5, 5.41) is 8.82. The molecule has 122 valence electrons. The van der Waals surface area contributed by atoms with Gasteiger partial charge < -0.3 is 19.6 Å². The molecule has 0 aromatic carbocycles. The first-order valence-electron chi connectivity index (χ1n) is 7.68. The number of ether oxygens (including phenoxy) is 1. The summed E-state index contributed by atoms with van der Waals surface area (Å²) in [4.78, 5) is 27.0. The average molecular weight is 300 g/mol. The first-order chi connectivity index (χ1) is 9.93. The van der Waals surface area contributed by atoms with Crippen molar-refractivity contribution in [1.82, 2.24) is 9.80 Å². The Morgan fingerprint density at radius 2 is 1.95 bits per heavy atom. The van der Waals surface area contributed by atoms with Crippen molar-refractivity contribution in [1.29, 1.82) is 0 Å². The van der Waals surface area contributed by atoms with Crippen LogP contribution < -0.4 is 0 Å². The van der Waals surface area contributed by atoms with Gasteiger partial charge in [-0.2, -0.15) is 0 Å². The highest BCUT2D eigenvalue weighted by molar-refractivity contribution is 5.74. The number of carboxylic acids is 1. The summed E-state index contributed by atoms with van der Waals surface area (Å²) in [6.07, 6.45) is 1.76. The third-order valence-electron chi connectivity index (χ3n) is 3.77. The van der Waals surface area contributed by atoms with Gasteiger partial charge in [0, 0.05) is 39.7 Å².